The Morgan fingerprint density at radius 1 is 1.20 bits per heavy atom. The van der Waals surface area contributed by atoms with Crippen molar-refractivity contribution in [2.75, 3.05) is 26.7 Å². The van der Waals surface area contributed by atoms with Gasteiger partial charge in [0.05, 0.1) is 12.7 Å². The number of hydrogen-bond donors (Lipinski definition) is 2. The van der Waals surface area contributed by atoms with E-state index in [1.165, 1.54) is 0 Å². The molecule has 0 bridgehead atoms. The number of rotatable bonds is 4. The Hall–Kier alpha value is -2.24. The molecule has 1 fully saturated rings. The number of likely N-dealkylation sites (tertiary alicyclic amines) is 1. The highest BCUT2D eigenvalue weighted by atomic mass is 16.5. The minimum absolute atomic E-state index is 0.0237. The number of carbonyl (C=O) groups is 2. The molecule has 0 aromatic heterocycles. The van der Waals surface area contributed by atoms with Crippen molar-refractivity contribution in [1.82, 2.24) is 15.5 Å². The molecule has 3 amide bonds. The van der Waals surface area contributed by atoms with Crippen molar-refractivity contribution in [2.24, 2.45) is 5.41 Å². The largest absolute Gasteiger partial charge is 0.496 e. The number of piperidine rings is 1. The standard InChI is InChI=1S/C19H29N3O3/c1-19(2,3)13-20-18(24)22-11-9-14(10-12-22)21-17(23)15-7-5-6-8-16(15)25-4/h5-8,14H,9-13H2,1-4H3,(H,20,24)(H,21,23). The maximum Gasteiger partial charge on any atom is 0.317 e. The molecule has 1 saturated heterocycles. The molecule has 1 aliphatic rings. The van der Waals surface area contributed by atoms with Gasteiger partial charge in [0, 0.05) is 25.7 Å². The van der Waals surface area contributed by atoms with Gasteiger partial charge in [-0.2, -0.15) is 0 Å². The SMILES string of the molecule is COc1ccccc1C(=O)NC1CCN(C(=O)NCC(C)(C)C)CC1. The van der Waals surface area contributed by atoms with Crippen molar-refractivity contribution in [3.8, 4) is 5.75 Å². The molecule has 0 aliphatic carbocycles. The summed E-state index contributed by atoms with van der Waals surface area (Å²) in [4.78, 5) is 26.4. The number of benzene rings is 1. The Labute approximate surface area is 149 Å². The van der Waals surface area contributed by atoms with Crippen molar-refractivity contribution >= 4 is 11.9 Å². The Balaban J connectivity index is 1.82. The monoisotopic (exact) mass is 347 g/mol. The molecule has 138 valence electrons. The Kier molecular flexibility index (Phi) is 6.28. The third-order valence-corrected chi connectivity index (χ3v) is 4.24. The van der Waals surface area contributed by atoms with E-state index in [-0.39, 0.29) is 23.4 Å². The average Bonchev–Trinajstić information content (AvgIpc) is 2.59. The normalized spacial score (nSPS) is 15.6. The maximum atomic E-state index is 12.4. The van der Waals surface area contributed by atoms with Crippen LogP contribution in [0.25, 0.3) is 0 Å². The number of hydrogen-bond acceptors (Lipinski definition) is 3. The number of urea groups is 1. The molecule has 1 heterocycles. The summed E-state index contributed by atoms with van der Waals surface area (Å²) >= 11 is 0. The van der Waals surface area contributed by atoms with Crippen LogP contribution in [0.4, 0.5) is 4.79 Å². The van der Waals surface area contributed by atoms with E-state index in [4.69, 9.17) is 4.74 Å². The molecule has 0 radical (unpaired) electrons. The molecule has 2 N–H and O–H groups in total. The first-order valence-corrected chi connectivity index (χ1v) is 8.77. The van der Waals surface area contributed by atoms with Crippen molar-refractivity contribution in [3.05, 3.63) is 29.8 Å². The lowest BCUT2D eigenvalue weighted by Gasteiger charge is -2.33. The molecule has 6 nitrogen and oxygen atoms in total. The second-order valence-corrected chi connectivity index (χ2v) is 7.65. The fourth-order valence-electron chi connectivity index (χ4n) is 2.77. The van der Waals surface area contributed by atoms with E-state index in [0.717, 1.165) is 12.8 Å². The van der Waals surface area contributed by atoms with E-state index in [0.29, 0.717) is 30.9 Å². The molecule has 1 aromatic carbocycles. The molecule has 1 aromatic rings. The van der Waals surface area contributed by atoms with Crippen LogP contribution in [0, 0.1) is 5.41 Å². The molecule has 6 heteroatoms. The fraction of sp³-hybridized carbons (Fsp3) is 0.579. The van der Waals surface area contributed by atoms with E-state index >= 15 is 0 Å². The van der Waals surface area contributed by atoms with Gasteiger partial charge in [-0.3, -0.25) is 4.79 Å². The van der Waals surface area contributed by atoms with Gasteiger partial charge in [-0.05, 0) is 30.4 Å². The van der Waals surface area contributed by atoms with E-state index in [1.54, 1.807) is 19.2 Å². The number of nitrogens with one attached hydrogen (secondary N) is 2. The predicted molar refractivity (Wildman–Crippen MR) is 97.9 cm³/mol. The fourth-order valence-corrected chi connectivity index (χ4v) is 2.77. The predicted octanol–water partition coefficient (Wildman–Crippen LogP) is 2.65. The lowest BCUT2D eigenvalue weighted by molar-refractivity contribution is 0.0914. The second kappa shape index (κ2) is 8.23. The van der Waals surface area contributed by atoms with Gasteiger partial charge in [0.15, 0.2) is 0 Å². The van der Waals surface area contributed by atoms with Gasteiger partial charge in [0.2, 0.25) is 0 Å². The Morgan fingerprint density at radius 3 is 2.44 bits per heavy atom. The third kappa shape index (κ3) is 5.66. The summed E-state index contributed by atoms with van der Waals surface area (Å²) in [6.07, 6.45) is 1.51. The number of carbonyl (C=O) groups excluding carboxylic acids is 2. The van der Waals surface area contributed by atoms with Gasteiger partial charge in [-0.1, -0.05) is 32.9 Å². The molecule has 0 saturated carbocycles. The quantitative estimate of drug-likeness (QED) is 0.880. The smallest absolute Gasteiger partial charge is 0.317 e. The van der Waals surface area contributed by atoms with Crippen LogP contribution >= 0.6 is 0 Å². The molecule has 0 spiro atoms. The van der Waals surface area contributed by atoms with Crippen LogP contribution < -0.4 is 15.4 Å². The molecule has 25 heavy (non-hydrogen) atoms. The van der Waals surface area contributed by atoms with Gasteiger partial charge in [-0.25, -0.2) is 4.79 Å². The van der Waals surface area contributed by atoms with Gasteiger partial charge in [0.1, 0.15) is 5.75 Å². The summed E-state index contributed by atoms with van der Waals surface area (Å²) in [7, 11) is 1.56. The topological polar surface area (TPSA) is 70.7 Å². The van der Waals surface area contributed by atoms with Crippen LogP contribution in [0.3, 0.4) is 0 Å². The van der Waals surface area contributed by atoms with Crippen LogP contribution in [0.2, 0.25) is 0 Å². The van der Waals surface area contributed by atoms with Crippen molar-refractivity contribution in [3.63, 3.8) is 0 Å². The molecular weight excluding hydrogens is 318 g/mol. The zero-order valence-corrected chi connectivity index (χ0v) is 15.6. The van der Waals surface area contributed by atoms with Crippen LogP contribution in [-0.4, -0.2) is 49.6 Å². The van der Waals surface area contributed by atoms with Crippen LogP contribution in [0.5, 0.6) is 5.75 Å². The van der Waals surface area contributed by atoms with Crippen molar-refractivity contribution < 1.29 is 14.3 Å². The number of ether oxygens (including phenoxy) is 1. The summed E-state index contributed by atoms with van der Waals surface area (Å²) in [5.41, 5.74) is 0.604. The number of para-hydroxylation sites is 1. The first-order valence-electron chi connectivity index (χ1n) is 8.77. The first-order chi connectivity index (χ1) is 11.8. The molecule has 2 rings (SSSR count). The lowest BCUT2D eigenvalue weighted by atomic mass is 9.97. The van der Waals surface area contributed by atoms with Crippen LogP contribution in [0.1, 0.15) is 44.0 Å². The number of nitrogens with zero attached hydrogens (tertiary/aromatic N) is 1. The summed E-state index contributed by atoms with van der Waals surface area (Å²) in [5, 5.41) is 6.02. The van der Waals surface area contributed by atoms with Gasteiger partial charge in [-0.15, -0.1) is 0 Å². The highest BCUT2D eigenvalue weighted by Crippen LogP contribution is 2.18. The zero-order valence-electron chi connectivity index (χ0n) is 15.6. The van der Waals surface area contributed by atoms with E-state index in [2.05, 4.69) is 31.4 Å². The van der Waals surface area contributed by atoms with Crippen LogP contribution in [0.15, 0.2) is 24.3 Å². The van der Waals surface area contributed by atoms with Crippen molar-refractivity contribution in [1.29, 1.82) is 0 Å². The summed E-state index contributed by atoms with van der Waals surface area (Å²) in [6, 6.07) is 7.23. The summed E-state index contributed by atoms with van der Waals surface area (Å²) < 4.78 is 5.24. The molecule has 0 atom stereocenters. The van der Waals surface area contributed by atoms with E-state index in [1.807, 2.05) is 17.0 Å². The van der Waals surface area contributed by atoms with E-state index < -0.39 is 0 Å². The molecule has 0 unspecified atom stereocenters. The highest BCUT2D eigenvalue weighted by molar-refractivity contribution is 5.97. The lowest BCUT2D eigenvalue weighted by Crippen LogP contribution is -2.50. The third-order valence-electron chi connectivity index (χ3n) is 4.24. The highest BCUT2D eigenvalue weighted by Gasteiger charge is 2.25. The van der Waals surface area contributed by atoms with Gasteiger partial charge < -0.3 is 20.3 Å². The summed E-state index contributed by atoms with van der Waals surface area (Å²) in [6.45, 7) is 8.21. The summed E-state index contributed by atoms with van der Waals surface area (Å²) in [5.74, 6) is 0.437. The average molecular weight is 347 g/mol. The zero-order chi connectivity index (χ0) is 18.4. The Bertz CT molecular complexity index is 602. The number of methoxy groups -OCH3 is 1. The Morgan fingerprint density at radius 2 is 1.84 bits per heavy atom. The molecular formula is C19H29N3O3. The minimum Gasteiger partial charge on any atom is -0.496 e. The second-order valence-electron chi connectivity index (χ2n) is 7.65. The first kappa shape index (κ1) is 19.1. The van der Waals surface area contributed by atoms with Crippen molar-refractivity contribution in [2.45, 2.75) is 39.7 Å². The minimum atomic E-state index is -0.131. The number of amides is 3. The van der Waals surface area contributed by atoms with E-state index in [9.17, 15) is 9.59 Å². The maximum absolute atomic E-state index is 12.4. The van der Waals surface area contributed by atoms with Gasteiger partial charge in [0.25, 0.3) is 5.91 Å². The van der Waals surface area contributed by atoms with Gasteiger partial charge >= 0.3 is 6.03 Å². The molecule has 1 aliphatic heterocycles. The van der Waals surface area contributed by atoms with Crippen LogP contribution in [-0.2, 0) is 0 Å².